The van der Waals surface area contributed by atoms with Crippen LogP contribution >= 0.6 is 11.3 Å². The Morgan fingerprint density at radius 1 is 0.971 bits per heavy atom. The van der Waals surface area contributed by atoms with Gasteiger partial charge >= 0.3 is 0 Å². The van der Waals surface area contributed by atoms with Gasteiger partial charge in [0, 0.05) is 65.0 Å². The van der Waals surface area contributed by atoms with Crippen LogP contribution in [0, 0.1) is 0 Å². The van der Waals surface area contributed by atoms with Crippen molar-refractivity contribution in [2.75, 3.05) is 19.0 Å². The van der Waals surface area contributed by atoms with E-state index in [1.165, 1.54) is 11.3 Å². The van der Waals surface area contributed by atoms with Gasteiger partial charge in [-0.3, -0.25) is 14.9 Å². The lowest BCUT2D eigenvalue weighted by Gasteiger charge is -2.12. The zero-order valence-electron chi connectivity index (χ0n) is 19.3. The van der Waals surface area contributed by atoms with Gasteiger partial charge < -0.3 is 9.88 Å². The van der Waals surface area contributed by atoms with Gasteiger partial charge in [0.2, 0.25) is 0 Å². The zero-order chi connectivity index (χ0) is 24.1. The minimum absolute atomic E-state index is 0.0693. The SMILES string of the molecule is CC(=O)c1ccc(-c2ccnc3[nH]c(-c4[nH]nc5ncc(-c6cncc(N(C)C)c6)cc45)cc23)s1. The fourth-order valence-corrected chi connectivity index (χ4v) is 5.08. The molecule has 0 aliphatic carbocycles. The summed E-state index contributed by atoms with van der Waals surface area (Å²) < 4.78 is 0. The summed E-state index contributed by atoms with van der Waals surface area (Å²) in [5.41, 5.74) is 7.10. The third-order valence-corrected chi connectivity index (χ3v) is 7.22. The number of rotatable bonds is 5. The maximum atomic E-state index is 11.8. The molecule has 0 saturated heterocycles. The summed E-state index contributed by atoms with van der Waals surface area (Å²) in [6.45, 7) is 1.59. The van der Waals surface area contributed by atoms with Gasteiger partial charge in [0.15, 0.2) is 11.4 Å². The molecular formula is C26H21N7OS. The highest BCUT2D eigenvalue weighted by atomic mass is 32.1. The van der Waals surface area contributed by atoms with Crippen molar-refractivity contribution in [3.8, 4) is 33.0 Å². The second-order valence-electron chi connectivity index (χ2n) is 8.54. The predicted octanol–water partition coefficient (Wildman–Crippen LogP) is 5.56. The summed E-state index contributed by atoms with van der Waals surface area (Å²) in [5.74, 6) is 0.0693. The molecule has 0 spiro atoms. The Labute approximate surface area is 204 Å². The number of nitrogens with one attached hydrogen (secondary N) is 2. The van der Waals surface area contributed by atoms with E-state index in [4.69, 9.17) is 0 Å². The van der Waals surface area contributed by atoms with Crippen molar-refractivity contribution in [1.29, 1.82) is 0 Å². The van der Waals surface area contributed by atoms with Crippen LogP contribution in [0.1, 0.15) is 16.6 Å². The van der Waals surface area contributed by atoms with E-state index in [2.05, 4.69) is 48.3 Å². The molecule has 35 heavy (non-hydrogen) atoms. The normalized spacial score (nSPS) is 11.4. The number of H-pyrrole nitrogens is 2. The largest absolute Gasteiger partial charge is 0.376 e. The standard InChI is InChI=1S/C26H21N7OS/c1-14(34)22-4-5-23(35-22)18-6-7-28-25-19(18)10-21(30-25)24-20-9-16(12-29-26(20)32-31-24)15-8-17(33(2)3)13-27-11-15/h4-13H,1-3H3,(H,28,30)(H,29,31,32). The fraction of sp³-hybridized carbons (Fsp3) is 0.115. The Balaban J connectivity index is 1.46. The van der Waals surface area contributed by atoms with Crippen LogP contribution in [0.15, 0.2) is 61.2 Å². The van der Waals surface area contributed by atoms with Crippen LogP contribution in [0.25, 0.3) is 55.0 Å². The van der Waals surface area contributed by atoms with E-state index in [9.17, 15) is 4.79 Å². The van der Waals surface area contributed by atoms with Crippen LogP contribution in [0.2, 0.25) is 0 Å². The summed E-state index contributed by atoms with van der Waals surface area (Å²) >= 11 is 1.49. The molecule has 0 saturated carbocycles. The maximum absolute atomic E-state index is 11.8. The molecule has 172 valence electrons. The molecule has 0 amide bonds. The highest BCUT2D eigenvalue weighted by molar-refractivity contribution is 7.17. The van der Waals surface area contributed by atoms with Gasteiger partial charge in [-0.2, -0.15) is 5.10 Å². The molecular weight excluding hydrogens is 458 g/mol. The van der Waals surface area contributed by atoms with Crippen LogP contribution < -0.4 is 4.90 Å². The molecule has 0 bridgehead atoms. The Kier molecular flexibility index (Phi) is 4.93. The lowest BCUT2D eigenvalue weighted by Crippen LogP contribution is -2.08. The van der Waals surface area contributed by atoms with Crippen LogP contribution in [0.3, 0.4) is 0 Å². The second-order valence-corrected chi connectivity index (χ2v) is 9.63. The number of fused-ring (bicyclic) bond motifs is 2. The number of Topliss-reactive ketones (excluding diaryl/α,β-unsaturated/α-hetero) is 1. The van der Waals surface area contributed by atoms with Crippen molar-refractivity contribution >= 4 is 44.9 Å². The number of aromatic amines is 2. The Morgan fingerprint density at radius 2 is 1.83 bits per heavy atom. The summed E-state index contributed by atoms with van der Waals surface area (Å²) in [5, 5.41) is 9.44. The first-order valence-corrected chi connectivity index (χ1v) is 11.9. The van der Waals surface area contributed by atoms with E-state index >= 15 is 0 Å². The second kappa shape index (κ2) is 8.14. The topological polar surface area (TPSA) is 103 Å². The molecule has 0 aliphatic rings. The van der Waals surface area contributed by atoms with Gasteiger partial charge in [0.05, 0.1) is 28.1 Å². The van der Waals surface area contributed by atoms with Gasteiger partial charge in [-0.25, -0.2) is 9.97 Å². The highest BCUT2D eigenvalue weighted by Crippen LogP contribution is 2.36. The number of ketones is 1. The van der Waals surface area contributed by atoms with Crippen LogP contribution in [-0.2, 0) is 0 Å². The van der Waals surface area contributed by atoms with Crippen molar-refractivity contribution in [2.24, 2.45) is 0 Å². The molecule has 0 radical (unpaired) electrons. The van der Waals surface area contributed by atoms with Crippen LogP contribution in [0.4, 0.5) is 5.69 Å². The number of carbonyl (C=O) groups is 1. The van der Waals surface area contributed by atoms with Crippen LogP contribution in [-0.4, -0.2) is 50.0 Å². The first-order chi connectivity index (χ1) is 17.0. The molecule has 0 fully saturated rings. The molecule has 6 aromatic heterocycles. The summed E-state index contributed by atoms with van der Waals surface area (Å²) in [7, 11) is 3.98. The smallest absolute Gasteiger partial charge is 0.181 e. The molecule has 9 heteroatoms. The van der Waals surface area contributed by atoms with E-state index in [-0.39, 0.29) is 5.78 Å². The molecule has 0 aromatic carbocycles. The molecule has 2 N–H and O–H groups in total. The van der Waals surface area contributed by atoms with Crippen molar-refractivity contribution in [3.63, 3.8) is 0 Å². The number of anilines is 1. The van der Waals surface area contributed by atoms with Gasteiger partial charge in [-0.1, -0.05) is 0 Å². The maximum Gasteiger partial charge on any atom is 0.181 e. The number of hydrogen-bond donors (Lipinski definition) is 2. The summed E-state index contributed by atoms with van der Waals surface area (Å²) in [6, 6.07) is 12.1. The Morgan fingerprint density at radius 3 is 2.63 bits per heavy atom. The Bertz CT molecular complexity index is 1730. The van der Waals surface area contributed by atoms with Gasteiger partial charge in [0.25, 0.3) is 0 Å². The molecule has 0 atom stereocenters. The van der Waals surface area contributed by atoms with Crippen molar-refractivity contribution in [1.82, 2.24) is 30.1 Å². The van der Waals surface area contributed by atoms with Gasteiger partial charge in [0.1, 0.15) is 5.65 Å². The Hall–Kier alpha value is -4.37. The average Bonchev–Trinajstić information content (AvgIpc) is 3.61. The highest BCUT2D eigenvalue weighted by Gasteiger charge is 2.16. The first-order valence-electron chi connectivity index (χ1n) is 11.0. The van der Waals surface area contributed by atoms with Crippen molar-refractivity contribution in [2.45, 2.75) is 6.92 Å². The number of carbonyl (C=O) groups excluding carboxylic acids is 1. The minimum Gasteiger partial charge on any atom is -0.376 e. The van der Waals surface area contributed by atoms with Crippen LogP contribution in [0.5, 0.6) is 0 Å². The number of aromatic nitrogens is 6. The fourth-order valence-electron chi connectivity index (χ4n) is 4.14. The molecule has 0 unspecified atom stereocenters. The number of nitrogens with zero attached hydrogens (tertiary/aromatic N) is 5. The van der Waals surface area contributed by atoms with E-state index < -0.39 is 0 Å². The molecule has 6 heterocycles. The monoisotopic (exact) mass is 479 g/mol. The van der Waals surface area contributed by atoms with E-state index in [1.54, 1.807) is 13.1 Å². The molecule has 6 rings (SSSR count). The summed E-state index contributed by atoms with van der Waals surface area (Å²) in [4.78, 5) is 32.5. The zero-order valence-corrected chi connectivity index (χ0v) is 20.1. The lowest BCUT2D eigenvalue weighted by atomic mass is 10.1. The third-order valence-electron chi connectivity index (χ3n) is 6.00. The molecule has 8 nitrogen and oxygen atoms in total. The molecule has 6 aromatic rings. The summed E-state index contributed by atoms with van der Waals surface area (Å²) in [6.07, 6.45) is 7.27. The first kappa shape index (κ1) is 21.2. The van der Waals surface area contributed by atoms with E-state index in [0.29, 0.717) is 5.65 Å². The van der Waals surface area contributed by atoms with Gasteiger partial charge in [-0.05, 0) is 43.3 Å². The number of thiophene rings is 1. The third kappa shape index (κ3) is 3.66. The minimum atomic E-state index is 0.0693. The quantitative estimate of drug-likeness (QED) is 0.314. The lowest BCUT2D eigenvalue weighted by molar-refractivity contribution is 0.102. The van der Waals surface area contributed by atoms with Crippen molar-refractivity contribution in [3.05, 3.63) is 66.1 Å². The number of pyridine rings is 3. The average molecular weight is 480 g/mol. The molecule has 0 aliphatic heterocycles. The predicted molar refractivity (Wildman–Crippen MR) is 140 cm³/mol. The van der Waals surface area contributed by atoms with E-state index in [1.807, 2.05) is 55.8 Å². The number of hydrogen-bond acceptors (Lipinski definition) is 7. The van der Waals surface area contributed by atoms with E-state index in [0.717, 1.165) is 59.9 Å². The van der Waals surface area contributed by atoms with Crippen molar-refractivity contribution < 1.29 is 4.79 Å². The van der Waals surface area contributed by atoms with Gasteiger partial charge in [-0.15, -0.1) is 11.3 Å².